The van der Waals surface area contributed by atoms with Crippen LogP contribution in [0.25, 0.3) is 0 Å². The lowest BCUT2D eigenvalue weighted by atomic mass is 9.98. The molecular weight excluding hydrogens is 150 g/mol. The Labute approximate surface area is 72.4 Å². The average Bonchev–Trinajstić information content (AvgIpc) is 2.58. The molecule has 3 heteroatoms. The fourth-order valence-electron chi connectivity index (χ4n) is 2.17. The summed E-state index contributed by atoms with van der Waals surface area (Å²) in [4.78, 5) is 0. The van der Waals surface area contributed by atoms with Crippen molar-refractivity contribution in [1.82, 2.24) is 10.2 Å². The van der Waals surface area contributed by atoms with Crippen molar-refractivity contribution in [2.75, 3.05) is 6.54 Å². The summed E-state index contributed by atoms with van der Waals surface area (Å²) in [6.45, 7) is 2.88. The van der Waals surface area contributed by atoms with E-state index >= 15 is 0 Å². The molecule has 0 radical (unpaired) electrons. The second-order valence-corrected chi connectivity index (χ2v) is 3.52. The molecule has 1 aromatic heterocycles. The van der Waals surface area contributed by atoms with Gasteiger partial charge in [0.05, 0.1) is 5.69 Å². The topological polar surface area (TPSA) is 54.7 Å². The number of nitrogens with one attached hydrogen (secondary N) is 1. The van der Waals surface area contributed by atoms with Gasteiger partial charge in [-0.1, -0.05) is 0 Å². The lowest BCUT2D eigenvalue weighted by Crippen LogP contribution is -2.05. The van der Waals surface area contributed by atoms with Crippen molar-refractivity contribution in [3.63, 3.8) is 0 Å². The summed E-state index contributed by atoms with van der Waals surface area (Å²) < 4.78 is 0. The van der Waals surface area contributed by atoms with Crippen LogP contribution < -0.4 is 5.73 Å². The van der Waals surface area contributed by atoms with Gasteiger partial charge >= 0.3 is 0 Å². The van der Waals surface area contributed by atoms with E-state index in [1.165, 1.54) is 23.4 Å². The maximum absolute atomic E-state index is 5.55. The van der Waals surface area contributed by atoms with E-state index in [2.05, 4.69) is 17.1 Å². The summed E-state index contributed by atoms with van der Waals surface area (Å²) in [6.07, 6.45) is 3.47. The standard InChI is InChI=1S/C9H15N3/c1-6-9-7(4-5-10)2-3-8(9)12-11-6/h7H,2-5,10H2,1H3,(H,11,12). The lowest BCUT2D eigenvalue weighted by Gasteiger charge is -2.07. The van der Waals surface area contributed by atoms with Gasteiger partial charge in [0.2, 0.25) is 0 Å². The van der Waals surface area contributed by atoms with Gasteiger partial charge in [0.15, 0.2) is 0 Å². The zero-order valence-corrected chi connectivity index (χ0v) is 7.43. The van der Waals surface area contributed by atoms with E-state index in [0.29, 0.717) is 5.92 Å². The normalized spacial score (nSPS) is 21.3. The first-order valence-corrected chi connectivity index (χ1v) is 4.56. The molecule has 0 spiro atoms. The minimum Gasteiger partial charge on any atom is -0.330 e. The number of nitrogens with zero attached hydrogens (tertiary/aromatic N) is 1. The van der Waals surface area contributed by atoms with Gasteiger partial charge in [0, 0.05) is 5.69 Å². The van der Waals surface area contributed by atoms with Gasteiger partial charge in [-0.2, -0.15) is 5.10 Å². The van der Waals surface area contributed by atoms with Crippen molar-refractivity contribution >= 4 is 0 Å². The Morgan fingerprint density at radius 1 is 1.67 bits per heavy atom. The molecule has 1 aliphatic carbocycles. The highest BCUT2D eigenvalue weighted by molar-refractivity contribution is 5.32. The summed E-state index contributed by atoms with van der Waals surface area (Å²) in [7, 11) is 0. The van der Waals surface area contributed by atoms with Crippen LogP contribution in [0.2, 0.25) is 0 Å². The quantitative estimate of drug-likeness (QED) is 0.689. The predicted molar refractivity (Wildman–Crippen MR) is 48.1 cm³/mol. The number of rotatable bonds is 2. The number of H-pyrrole nitrogens is 1. The van der Waals surface area contributed by atoms with Gasteiger partial charge < -0.3 is 5.73 Å². The number of aromatic amines is 1. The van der Waals surface area contributed by atoms with Crippen LogP contribution in [0.4, 0.5) is 0 Å². The average molecular weight is 165 g/mol. The van der Waals surface area contributed by atoms with Gasteiger partial charge in [0.1, 0.15) is 0 Å². The van der Waals surface area contributed by atoms with Crippen LogP contribution in [0.5, 0.6) is 0 Å². The predicted octanol–water partition coefficient (Wildman–Crippen LogP) is 1.10. The number of aryl methyl sites for hydroxylation is 2. The first kappa shape index (κ1) is 7.80. The van der Waals surface area contributed by atoms with E-state index in [1.807, 2.05) is 0 Å². The first-order valence-electron chi connectivity index (χ1n) is 4.56. The molecule has 0 saturated carbocycles. The summed E-state index contributed by atoms with van der Waals surface area (Å²) in [5, 5.41) is 7.30. The first-order chi connectivity index (χ1) is 5.83. The molecule has 0 aliphatic heterocycles. The van der Waals surface area contributed by atoms with Gasteiger partial charge in [-0.15, -0.1) is 0 Å². The van der Waals surface area contributed by atoms with Crippen LogP contribution >= 0.6 is 0 Å². The monoisotopic (exact) mass is 165 g/mol. The fourth-order valence-corrected chi connectivity index (χ4v) is 2.17. The SMILES string of the molecule is Cc1[nH]nc2c1C(CCN)CC2. The minimum atomic E-state index is 0.670. The van der Waals surface area contributed by atoms with Crippen LogP contribution in [0.1, 0.15) is 35.7 Å². The molecule has 1 atom stereocenters. The molecule has 12 heavy (non-hydrogen) atoms. The van der Waals surface area contributed by atoms with E-state index in [4.69, 9.17) is 5.73 Å². The second-order valence-electron chi connectivity index (χ2n) is 3.52. The Hall–Kier alpha value is -0.830. The van der Waals surface area contributed by atoms with Crippen molar-refractivity contribution < 1.29 is 0 Å². The highest BCUT2D eigenvalue weighted by Gasteiger charge is 2.25. The highest BCUT2D eigenvalue weighted by Crippen LogP contribution is 2.35. The molecule has 0 saturated heterocycles. The third-order valence-corrected chi connectivity index (χ3v) is 2.73. The smallest absolute Gasteiger partial charge is 0.0659 e. The minimum absolute atomic E-state index is 0.670. The van der Waals surface area contributed by atoms with E-state index in [1.54, 1.807) is 0 Å². The molecule has 66 valence electrons. The van der Waals surface area contributed by atoms with Crippen molar-refractivity contribution in [3.8, 4) is 0 Å². The fraction of sp³-hybridized carbons (Fsp3) is 0.667. The summed E-state index contributed by atoms with van der Waals surface area (Å²) in [5.74, 6) is 0.670. The van der Waals surface area contributed by atoms with Crippen molar-refractivity contribution in [2.24, 2.45) is 5.73 Å². The molecule has 1 unspecified atom stereocenters. The van der Waals surface area contributed by atoms with Gasteiger partial charge in [0.25, 0.3) is 0 Å². The van der Waals surface area contributed by atoms with Crippen molar-refractivity contribution in [1.29, 1.82) is 0 Å². The molecule has 0 amide bonds. The van der Waals surface area contributed by atoms with Gasteiger partial charge in [-0.3, -0.25) is 5.10 Å². The molecule has 1 aromatic rings. The summed E-state index contributed by atoms with van der Waals surface area (Å²) in [5.41, 5.74) is 9.50. The Kier molecular flexibility index (Phi) is 1.89. The van der Waals surface area contributed by atoms with E-state index in [0.717, 1.165) is 19.4 Å². The van der Waals surface area contributed by atoms with Crippen LogP contribution in [-0.2, 0) is 6.42 Å². The zero-order valence-electron chi connectivity index (χ0n) is 7.43. The molecule has 2 rings (SSSR count). The maximum atomic E-state index is 5.55. The molecule has 1 heterocycles. The molecule has 0 fully saturated rings. The largest absolute Gasteiger partial charge is 0.330 e. The third kappa shape index (κ3) is 1.05. The summed E-state index contributed by atoms with van der Waals surface area (Å²) >= 11 is 0. The Morgan fingerprint density at radius 2 is 2.50 bits per heavy atom. The second kappa shape index (κ2) is 2.90. The van der Waals surface area contributed by atoms with Crippen molar-refractivity contribution in [3.05, 3.63) is 17.0 Å². The number of fused-ring (bicyclic) bond motifs is 1. The third-order valence-electron chi connectivity index (χ3n) is 2.73. The maximum Gasteiger partial charge on any atom is 0.0659 e. The van der Waals surface area contributed by atoms with E-state index in [9.17, 15) is 0 Å². The van der Waals surface area contributed by atoms with Crippen LogP contribution in [-0.4, -0.2) is 16.7 Å². The Balaban J connectivity index is 2.27. The molecule has 0 bridgehead atoms. The number of hydrogen-bond donors (Lipinski definition) is 2. The van der Waals surface area contributed by atoms with Crippen molar-refractivity contribution in [2.45, 2.75) is 32.1 Å². The van der Waals surface area contributed by atoms with Gasteiger partial charge in [-0.05, 0) is 44.2 Å². The Morgan fingerprint density at radius 3 is 3.25 bits per heavy atom. The number of nitrogens with two attached hydrogens (primary N) is 1. The highest BCUT2D eigenvalue weighted by atomic mass is 15.1. The molecule has 1 aliphatic rings. The van der Waals surface area contributed by atoms with Crippen LogP contribution in [0.3, 0.4) is 0 Å². The molecular formula is C9H15N3. The number of aromatic nitrogens is 2. The van der Waals surface area contributed by atoms with E-state index < -0.39 is 0 Å². The van der Waals surface area contributed by atoms with Crippen LogP contribution in [0, 0.1) is 6.92 Å². The lowest BCUT2D eigenvalue weighted by molar-refractivity contribution is 0.619. The molecule has 3 nitrogen and oxygen atoms in total. The zero-order chi connectivity index (χ0) is 8.55. The Bertz CT molecular complexity index is 277. The number of hydrogen-bond acceptors (Lipinski definition) is 2. The van der Waals surface area contributed by atoms with Crippen LogP contribution in [0.15, 0.2) is 0 Å². The van der Waals surface area contributed by atoms with Gasteiger partial charge in [-0.25, -0.2) is 0 Å². The van der Waals surface area contributed by atoms with E-state index in [-0.39, 0.29) is 0 Å². The summed E-state index contributed by atoms with van der Waals surface area (Å²) in [6, 6.07) is 0. The molecule has 3 N–H and O–H groups in total. The molecule has 0 aromatic carbocycles.